The van der Waals surface area contributed by atoms with Crippen molar-refractivity contribution in [2.75, 3.05) is 13.6 Å². The van der Waals surface area contributed by atoms with Crippen LogP contribution < -0.4 is 5.73 Å². The molecule has 5 heteroatoms. The molecule has 1 aliphatic rings. The minimum absolute atomic E-state index is 0.169. The van der Waals surface area contributed by atoms with Crippen LogP contribution in [0.3, 0.4) is 0 Å². The number of sulfonamides is 1. The molecule has 102 valence electrons. The third-order valence-electron chi connectivity index (χ3n) is 3.05. The highest BCUT2D eigenvalue weighted by molar-refractivity contribution is 7.90. The predicted octanol–water partition coefficient (Wildman–Crippen LogP) is 0.921. The van der Waals surface area contributed by atoms with E-state index in [2.05, 4.69) is 11.8 Å². The number of nitrogens with two attached hydrogens (primary N) is 1. The molecular weight excluding hydrogens is 260 g/mol. The molecule has 2 rings (SSSR count). The average Bonchev–Trinajstić information content (AvgIpc) is 3.21. The highest BCUT2D eigenvalue weighted by atomic mass is 32.2. The molecule has 0 spiro atoms. The van der Waals surface area contributed by atoms with E-state index in [1.807, 2.05) is 24.3 Å². The molecule has 19 heavy (non-hydrogen) atoms. The van der Waals surface area contributed by atoms with Crippen LogP contribution in [0, 0.1) is 11.8 Å². The lowest BCUT2D eigenvalue weighted by Gasteiger charge is -2.16. The molecule has 0 radical (unpaired) electrons. The average molecular weight is 278 g/mol. The Morgan fingerprint density at radius 3 is 2.79 bits per heavy atom. The Hall–Kier alpha value is -1.35. The van der Waals surface area contributed by atoms with Crippen molar-refractivity contribution in [1.29, 1.82) is 0 Å². The van der Waals surface area contributed by atoms with Crippen LogP contribution in [0.4, 0.5) is 0 Å². The van der Waals surface area contributed by atoms with Gasteiger partial charge in [0.2, 0.25) is 10.0 Å². The van der Waals surface area contributed by atoms with Gasteiger partial charge >= 0.3 is 0 Å². The van der Waals surface area contributed by atoms with Crippen LogP contribution >= 0.6 is 0 Å². The zero-order valence-electron chi connectivity index (χ0n) is 11.0. The smallest absolute Gasteiger partial charge is 0.217 e. The predicted molar refractivity (Wildman–Crippen MR) is 75.8 cm³/mol. The van der Waals surface area contributed by atoms with Crippen LogP contribution in [0.5, 0.6) is 0 Å². The van der Waals surface area contributed by atoms with E-state index in [9.17, 15) is 8.42 Å². The number of nitrogens with zero attached hydrogens (tertiary/aromatic N) is 1. The quantitative estimate of drug-likeness (QED) is 0.833. The molecule has 1 aliphatic carbocycles. The monoisotopic (exact) mass is 278 g/mol. The fourth-order valence-electron chi connectivity index (χ4n) is 1.87. The number of rotatable bonds is 4. The lowest BCUT2D eigenvalue weighted by atomic mass is 10.1. The molecule has 1 fully saturated rings. The lowest BCUT2D eigenvalue weighted by Crippen LogP contribution is -2.29. The van der Waals surface area contributed by atoms with Crippen molar-refractivity contribution in [1.82, 2.24) is 4.31 Å². The molecule has 0 atom stereocenters. The minimum atomic E-state index is -3.12. The third-order valence-corrected chi connectivity index (χ3v) is 5.36. The summed E-state index contributed by atoms with van der Waals surface area (Å²) in [6, 6.07) is 7.59. The fraction of sp³-hybridized carbons (Fsp3) is 0.429. The van der Waals surface area contributed by atoms with Gasteiger partial charge in [-0.05, 0) is 30.5 Å². The van der Waals surface area contributed by atoms with Gasteiger partial charge in [0.15, 0.2) is 0 Å². The summed E-state index contributed by atoms with van der Waals surface area (Å²) < 4.78 is 25.5. The summed E-state index contributed by atoms with van der Waals surface area (Å²) in [5.74, 6) is 5.74. The van der Waals surface area contributed by atoms with Crippen LogP contribution in [-0.4, -0.2) is 31.6 Å². The van der Waals surface area contributed by atoms with Crippen molar-refractivity contribution in [3.05, 3.63) is 35.4 Å². The second-order valence-electron chi connectivity index (χ2n) is 4.71. The summed E-state index contributed by atoms with van der Waals surface area (Å²) in [7, 11) is -1.49. The van der Waals surface area contributed by atoms with E-state index in [1.54, 1.807) is 7.05 Å². The highest BCUT2D eigenvalue weighted by Gasteiger charge is 2.38. The van der Waals surface area contributed by atoms with E-state index >= 15 is 0 Å². The first kappa shape index (κ1) is 14.1. The highest BCUT2D eigenvalue weighted by Crippen LogP contribution is 2.30. The van der Waals surface area contributed by atoms with Crippen LogP contribution in [0.1, 0.15) is 24.0 Å². The van der Waals surface area contributed by atoms with Gasteiger partial charge in [-0.3, -0.25) is 0 Å². The normalized spacial score (nSPS) is 15.1. The summed E-state index contributed by atoms with van der Waals surface area (Å²) in [6.45, 7) is 0.706. The Morgan fingerprint density at radius 2 is 2.16 bits per heavy atom. The fourth-order valence-corrected chi connectivity index (χ4v) is 3.44. The third kappa shape index (κ3) is 3.57. The Morgan fingerprint density at radius 1 is 1.42 bits per heavy atom. The Labute approximate surface area is 114 Å². The van der Waals surface area contributed by atoms with Gasteiger partial charge in [0.1, 0.15) is 0 Å². The van der Waals surface area contributed by atoms with Crippen molar-refractivity contribution in [3.63, 3.8) is 0 Å². The zero-order valence-corrected chi connectivity index (χ0v) is 11.8. The first-order valence-electron chi connectivity index (χ1n) is 6.27. The topological polar surface area (TPSA) is 63.4 Å². The molecule has 0 amide bonds. The molecule has 0 unspecified atom stereocenters. The van der Waals surface area contributed by atoms with Crippen molar-refractivity contribution in [3.8, 4) is 11.8 Å². The van der Waals surface area contributed by atoms with E-state index in [1.165, 1.54) is 4.31 Å². The molecule has 0 aliphatic heterocycles. The van der Waals surface area contributed by atoms with Crippen molar-refractivity contribution in [2.24, 2.45) is 5.73 Å². The van der Waals surface area contributed by atoms with Crippen LogP contribution in [0.25, 0.3) is 0 Å². The molecule has 1 aromatic carbocycles. The summed E-state index contributed by atoms with van der Waals surface area (Å²) >= 11 is 0. The van der Waals surface area contributed by atoms with Crippen LogP contribution in [-0.2, 0) is 16.6 Å². The second kappa shape index (κ2) is 5.74. The lowest BCUT2D eigenvalue weighted by molar-refractivity contribution is 0.465. The Kier molecular flexibility index (Phi) is 4.25. The molecule has 1 aromatic rings. The van der Waals surface area contributed by atoms with Gasteiger partial charge in [-0.1, -0.05) is 24.0 Å². The van der Waals surface area contributed by atoms with Gasteiger partial charge in [-0.25, -0.2) is 12.7 Å². The second-order valence-corrected chi connectivity index (χ2v) is 7.03. The number of hydrogen-bond acceptors (Lipinski definition) is 3. The van der Waals surface area contributed by atoms with Gasteiger partial charge in [0.05, 0.1) is 11.8 Å². The molecule has 0 saturated heterocycles. The van der Waals surface area contributed by atoms with Crippen LogP contribution in [0.15, 0.2) is 24.3 Å². The molecule has 0 aromatic heterocycles. The summed E-state index contributed by atoms with van der Waals surface area (Å²) in [5, 5.41) is -0.169. The first-order chi connectivity index (χ1) is 9.04. The van der Waals surface area contributed by atoms with Gasteiger partial charge in [0.25, 0.3) is 0 Å². The molecule has 1 saturated carbocycles. The number of benzene rings is 1. The van der Waals surface area contributed by atoms with Crippen molar-refractivity contribution >= 4 is 10.0 Å². The van der Waals surface area contributed by atoms with E-state index in [0.29, 0.717) is 13.1 Å². The minimum Gasteiger partial charge on any atom is -0.320 e. The van der Waals surface area contributed by atoms with E-state index in [0.717, 1.165) is 24.0 Å². The standard InChI is InChI=1S/C14H18N2O2S/c1-16(19(17,18)14-7-8-14)11-13-5-2-4-12(10-13)6-3-9-15/h2,4-5,10,14H,7-9,11,15H2,1H3. The SMILES string of the molecule is CN(Cc1cccc(C#CCN)c1)S(=O)(=O)C1CC1. The summed E-state index contributed by atoms with van der Waals surface area (Å²) in [4.78, 5) is 0. The van der Waals surface area contributed by atoms with Gasteiger partial charge in [-0.15, -0.1) is 0 Å². The summed E-state index contributed by atoms with van der Waals surface area (Å²) in [5.41, 5.74) is 7.13. The Bertz CT molecular complexity index is 610. The first-order valence-corrected chi connectivity index (χ1v) is 7.77. The molecule has 2 N–H and O–H groups in total. The van der Waals surface area contributed by atoms with E-state index in [4.69, 9.17) is 5.73 Å². The molecule has 4 nitrogen and oxygen atoms in total. The Balaban J connectivity index is 2.10. The zero-order chi connectivity index (χ0) is 13.9. The van der Waals surface area contributed by atoms with Gasteiger partial charge < -0.3 is 5.73 Å². The van der Waals surface area contributed by atoms with E-state index in [-0.39, 0.29) is 5.25 Å². The van der Waals surface area contributed by atoms with Gasteiger partial charge in [0, 0.05) is 19.2 Å². The maximum atomic E-state index is 12.0. The molecule has 0 heterocycles. The van der Waals surface area contributed by atoms with Crippen molar-refractivity contribution in [2.45, 2.75) is 24.6 Å². The molecule has 0 bridgehead atoms. The maximum Gasteiger partial charge on any atom is 0.217 e. The van der Waals surface area contributed by atoms with E-state index < -0.39 is 10.0 Å². The largest absolute Gasteiger partial charge is 0.320 e. The summed E-state index contributed by atoms with van der Waals surface area (Å²) in [6.07, 6.45) is 1.57. The van der Waals surface area contributed by atoms with Gasteiger partial charge in [-0.2, -0.15) is 0 Å². The maximum absolute atomic E-state index is 12.0. The van der Waals surface area contributed by atoms with Crippen molar-refractivity contribution < 1.29 is 8.42 Å². The number of hydrogen-bond donors (Lipinski definition) is 1. The van der Waals surface area contributed by atoms with Crippen LogP contribution in [0.2, 0.25) is 0 Å². The molecular formula is C14H18N2O2S.